The number of hydrogen-bond acceptors (Lipinski definition) is 9. The molecule has 1 heterocycles. The lowest BCUT2D eigenvalue weighted by Gasteiger charge is -2.40. The molecule has 1 aliphatic heterocycles. The fraction of sp³-hybridized carbons (Fsp3) is 1.00. The molecule has 0 bridgehead atoms. The minimum atomic E-state index is -2.59. The van der Waals surface area contributed by atoms with Crippen LogP contribution in [-0.2, 0) is 19.2 Å². The van der Waals surface area contributed by atoms with Crippen molar-refractivity contribution in [1.29, 1.82) is 0 Å². The molecule has 1 saturated carbocycles. The van der Waals surface area contributed by atoms with Gasteiger partial charge >= 0.3 is 0 Å². The number of hydrogen-bond donors (Lipinski definition) is 5. The van der Waals surface area contributed by atoms with Gasteiger partial charge in [-0.15, -0.1) is 0 Å². The average Bonchev–Trinajstić information content (AvgIpc) is 3.90. The van der Waals surface area contributed by atoms with E-state index >= 15 is 0 Å². The molecule has 2 aliphatic rings. The first-order chi connectivity index (χ1) is 23.2. The molecule has 286 valence electrons. The van der Waals surface area contributed by atoms with Crippen molar-refractivity contribution in [2.24, 2.45) is 10.3 Å². The highest BCUT2D eigenvalue weighted by Gasteiger charge is 2.44. The topological polar surface area (TPSA) is 149 Å². The zero-order valence-corrected chi connectivity index (χ0v) is 31.6. The molecule has 2 fully saturated rings. The molecule has 1 saturated heterocycles. The highest BCUT2D eigenvalue weighted by molar-refractivity contribution is 7.92. The highest BCUT2D eigenvalue weighted by Crippen LogP contribution is 2.34. The van der Waals surface area contributed by atoms with Crippen LogP contribution in [0.4, 0.5) is 0 Å². The summed E-state index contributed by atoms with van der Waals surface area (Å²) in [5.41, 5.74) is 0. The molecule has 0 radical (unpaired) electrons. The van der Waals surface area contributed by atoms with E-state index in [9.17, 15) is 29.7 Å². The first kappa shape index (κ1) is 43.8. The average molecular weight is 706 g/mol. The van der Waals surface area contributed by atoms with E-state index in [1.807, 2.05) is 0 Å². The van der Waals surface area contributed by atoms with Gasteiger partial charge in [0.25, 0.3) is 0 Å². The van der Waals surface area contributed by atoms with Crippen molar-refractivity contribution in [2.75, 3.05) is 25.2 Å². The van der Waals surface area contributed by atoms with Gasteiger partial charge in [0.2, 0.25) is 0 Å². The van der Waals surface area contributed by atoms with Crippen molar-refractivity contribution in [1.82, 2.24) is 0 Å². The highest BCUT2D eigenvalue weighted by atomic mass is 32.2. The Bertz CT molecular complexity index is 894. The van der Waals surface area contributed by atoms with Gasteiger partial charge in [0.1, 0.15) is 30.5 Å². The van der Waals surface area contributed by atoms with Crippen LogP contribution in [0, 0.1) is 5.92 Å². The number of aliphatic hydroxyl groups is 5. The molecule has 0 aromatic carbocycles. The van der Waals surface area contributed by atoms with Gasteiger partial charge < -0.3 is 35.0 Å². The smallest absolute Gasteiger partial charge is 0.186 e. The summed E-state index contributed by atoms with van der Waals surface area (Å²) in [6, 6.07) is -0.789. The van der Waals surface area contributed by atoms with Gasteiger partial charge in [-0.05, 0) is 18.8 Å². The van der Waals surface area contributed by atoms with Crippen LogP contribution in [0.3, 0.4) is 0 Å². The molecular formula is C38H75NO8S. The molecule has 0 spiro atoms. The molecule has 10 heteroatoms. The molecule has 1 aliphatic carbocycles. The van der Waals surface area contributed by atoms with E-state index in [-0.39, 0.29) is 6.61 Å². The summed E-state index contributed by atoms with van der Waals surface area (Å²) >= 11 is 0. The van der Waals surface area contributed by atoms with Gasteiger partial charge in [0.15, 0.2) is 6.29 Å². The minimum absolute atomic E-state index is 0.159. The Morgan fingerprint density at radius 1 is 0.729 bits per heavy atom. The van der Waals surface area contributed by atoms with Crippen molar-refractivity contribution < 1.29 is 39.2 Å². The van der Waals surface area contributed by atoms with Gasteiger partial charge in [0, 0.05) is 21.7 Å². The quantitative estimate of drug-likeness (QED) is 0.0483. The van der Waals surface area contributed by atoms with E-state index in [0.29, 0.717) is 12.2 Å². The lowest BCUT2D eigenvalue weighted by atomic mass is 9.99. The predicted octanol–water partition coefficient (Wildman–Crippen LogP) is 7.03. The van der Waals surface area contributed by atoms with E-state index in [1.165, 1.54) is 116 Å². The summed E-state index contributed by atoms with van der Waals surface area (Å²) in [5.74, 6) is 1.48. The zero-order valence-electron chi connectivity index (χ0n) is 30.7. The minimum Gasteiger partial charge on any atom is -0.394 e. The number of unbranched alkanes of at least 4 members (excludes halogenated alkanes) is 19. The summed E-state index contributed by atoms with van der Waals surface area (Å²) in [5, 5.41) is 51.4. The third-order valence-electron chi connectivity index (χ3n) is 10.3. The van der Waals surface area contributed by atoms with Crippen molar-refractivity contribution in [3.63, 3.8) is 0 Å². The lowest BCUT2D eigenvalue weighted by Crippen LogP contribution is -2.59. The molecule has 9 nitrogen and oxygen atoms in total. The molecule has 5 N–H and O–H groups in total. The fourth-order valence-corrected chi connectivity index (χ4v) is 8.40. The van der Waals surface area contributed by atoms with Crippen LogP contribution in [0.2, 0.25) is 0 Å². The Labute approximate surface area is 294 Å². The summed E-state index contributed by atoms with van der Waals surface area (Å²) in [7, 11) is -2.59. The van der Waals surface area contributed by atoms with Crippen LogP contribution in [-0.4, -0.2) is 97.8 Å². The maximum absolute atomic E-state index is 13.5. The van der Waals surface area contributed by atoms with Crippen LogP contribution in [0.5, 0.6) is 0 Å². The molecule has 6 unspecified atom stereocenters. The van der Waals surface area contributed by atoms with Crippen LogP contribution in [0.25, 0.3) is 0 Å². The summed E-state index contributed by atoms with van der Waals surface area (Å²) < 4.78 is 29.4. The standard InChI is InChI=1S/C38H75NO8S/c1-3-4-5-6-7-8-9-10-11-12-16-19-22-25-33(41)32(30-46-38-37(44)36(43)35(42)34(29-40)47-38)39-48(2,45)28-23-20-17-14-13-15-18-21-24-31-26-27-31/h31-38,40-44H,3-30H2,1-2H3/t32-,33+,34?,35?,36?,37?,38?,48?/m0/s1. The molecule has 0 aromatic heterocycles. The van der Waals surface area contributed by atoms with Gasteiger partial charge in [0.05, 0.1) is 19.3 Å². The van der Waals surface area contributed by atoms with Gasteiger partial charge in [-0.2, -0.15) is 0 Å². The summed E-state index contributed by atoms with van der Waals surface area (Å²) in [6.45, 7) is 1.54. The second-order valence-electron chi connectivity index (χ2n) is 15.0. The first-order valence-corrected chi connectivity index (χ1v) is 22.1. The third kappa shape index (κ3) is 19.9. The SMILES string of the molecule is CCCCCCCCCCCCCCC[C@@H](O)[C@H](COC1OC(CO)C(O)C(O)C1O)N=S(C)(=O)CCCCCCCCCCC1CC1. The molecular weight excluding hydrogens is 630 g/mol. The maximum atomic E-state index is 13.5. The van der Waals surface area contributed by atoms with Gasteiger partial charge in [-0.1, -0.05) is 155 Å². The number of nitrogens with zero attached hydrogens (tertiary/aromatic N) is 1. The monoisotopic (exact) mass is 706 g/mol. The zero-order chi connectivity index (χ0) is 35.0. The second-order valence-corrected chi connectivity index (χ2v) is 17.6. The van der Waals surface area contributed by atoms with Crippen molar-refractivity contribution >= 4 is 9.73 Å². The Morgan fingerprint density at radius 3 is 1.75 bits per heavy atom. The Kier molecular flexibility index (Phi) is 24.1. The molecule has 0 aromatic rings. The number of rotatable bonds is 31. The largest absolute Gasteiger partial charge is 0.394 e. The van der Waals surface area contributed by atoms with E-state index in [4.69, 9.17) is 9.47 Å². The van der Waals surface area contributed by atoms with Crippen LogP contribution >= 0.6 is 0 Å². The van der Waals surface area contributed by atoms with Gasteiger partial charge in [-0.25, -0.2) is 4.36 Å². The predicted molar refractivity (Wildman–Crippen MR) is 195 cm³/mol. The van der Waals surface area contributed by atoms with E-state index in [1.54, 1.807) is 6.26 Å². The van der Waals surface area contributed by atoms with Crippen LogP contribution in [0.1, 0.15) is 167 Å². The van der Waals surface area contributed by atoms with Crippen molar-refractivity contribution in [3.8, 4) is 0 Å². The number of ether oxygens (including phenoxy) is 2. The molecule has 8 atom stereocenters. The molecule has 48 heavy (non-hydrogen) atoms. The first-order valence-electron chi connectivity index (χ1n) is 20.0. The summed E-state index contributed by atoms with van der Waals surface area (Å²) in [6.07, 6.45) is 24.1. The van der Waals surface area contributed by atoms with E-state index in [0.717, 1.165) is 44.4 Å². The Hall–Kier alpha value is -0.330. The third-order valence-corrected chi connectivity index (χ3v) is 12.0. The maximum Gasteiger partial charge on any atom is 0.186 e. The van der Waals surface area contributed by atoms with E-state index < -0.39 is 59.2 Å². The fourth-order valence-electron chi connectivity index (χ4n) is 6.78. The molecule has 0 amide bonds. The van der Waals surface area contributed by atoms with Crippen LogP contribution < -0.4 is 0 Å². The lowest BCUT2D eigenvalue weighted by molar-refractivity contribution is -0.302. The molecule has 2 rings (SSSR count). The second kappa shape index (κ2) is 26.4. The Morgan fingerprint density at radius 2 is 1.23 bits per heavy atom. The normalized spacial score (nSPS) is 25.5. The van der Waals surface area contributed by atoms with Crippen LogP contribution in [0.15, 0.2) is 4.36 Å². The summed E-state index contributed by atoms with van der Waals surface area (Å²) in [4.78, 5) is 0. The van der Waals surface area contributed by atoms with E-state index in [2.05, 4.69) is 11.3 Å². The van der Waals surface area contributed by atoms with Gasteiger partial charge in [-0.3, -0.25) is 4.21 Å². The number of aliphatic hydroxyl groups excluding tert-OH is 5. The van der Waals surface area contributed by atoms with Crippen molar-refractivity contribution in [3.05, 3.63) is 0 Å². The Balaban J connectivity index is 1.76. The van der Waals surface area contributed by atoms with Crippen molar-refractivity contribution in [2.45, 2.75) is 210 Å².